The number of nitrogen functional groups attached to an aromatic ring is 1. The van der Waals surface area contributed by atoms with Crippen LogP contribution in [-0.2, 0) is 9.84 Å². The lowest BCUT2D eigenvalue weighted by molar-refractivity contribution is 0.0981. The minimum atomic E-state index is -3.73. The number of carbonyl (C=O) groups excluding carboxylic acids is 1. The number of benzene rings is 1. The van der Waals surface area contributed by atoms with E-state index in [1.54, 1.807) is 0 Å². The second-order valence-corrected chi connectivity index (χ2v) is 5.34. The van der Waals surface area contributed by atoms with Crippen LogP contribution in [-0.4, -0.2) is 20.5 Å². The van der Waals surface area contributed by atoms with Crippen LogP contribution < -0.4 is 5.73 Å². The Bertz CT molecular complexity index is 537. The molecule has 0 radical (unpaired) electrons. The van der Waals surface area contributed by atoms with E-state index in [1.165, 1.54) is 6.92 Å². The van der Waals surface area contributed by atoms with Crippen molar-refractivity contribution in [2.45, 2.75) is 18.2 Å². The Hall–Kier alpha value is -1.43. The second kappa shape index (κ2) is 4.21. The number of sulfone groups is 1. The first-order chi connectivity index (χ1) is 7.29. The third kappa shape index (κ3) is 2.21. The summed E-state index contributed by atoms with van der Waals surface area (Å²) in [4.78, 5) is 11.1. The first kappa shape index (κ1) is 12.6. The van der Waals surface area contributed by atoms with Crippen LogP contribution in [0.4, 0.5) is 10.1 Å². The van der Waals surface area contributed by atoms with Crippen molar-refractivity contribution in [3.8, 4) is 0 Å². The zero-order chi connectivity index (χ0) is 12.5. The zero-order valence-corrected chi connectivity index (χ0v) is 9.77. The molecular formula is C10H12FNO3S. The summed E-state index contributed by atoms with van der Waals surface area (Å²) < 4.78 is 36.4. The molecule has 0 amide bonds. The molecule has 0 fully saturated rings. The fourth-order valence-corrected chi connectivity index (χ4v) is 2.49. The maximum Gasteiger partial charge on any atom is 0.178 e. The van der Waals surface area contributed by atoms with Crippen molar-refractivity contribution < 1.29 is 17.6 Å². The summed E-state index contributed by atoms with van der Waals surface area (Å²) in [7, 11) is -3.73. The van der Waals surface area contributed by atoms with Gasteiger partial charge in [-0.1, -0.05) is 6.92 Å². The highest BCUT2D eigenvalue weighted by molar-refractivity contribution is 7.91. The Kier molecular flexibility index (Phi) is 3.32. The zero-order valence-electron chi connectivity index (χ0n) is 8.95. The van der Waals surface area contributed by atoms with Crippen molar-refractivity contribution in [3.05, 3.63) is 23.5 Å². The third-order valence-electron chi connectivity index (χ3n) is 2.11. The molecule has 1 rings (SSSR count). The quantitative estimate of drug-likeness (QED) is 0.645. The lowest BCUT2D eigenvalue weighted by Crippen LogP contribution is -2.13. The van der Waals surface area contributed by atoms with Gasteiger partial charge in [0.1, 0.15) is 10.7 Å². The standard InChI is InChI=1S/C10H12FNO3S/c1-3-8(13)9-6(11)4-5-7(12)10(9)16(2,14)15/h4-5H,3,12H2,1-2H3. The van der Waals surface area contributed by atoms with E-state index >= 15 is 0 Å². The molecule has 2 N–H and O–H groups in total. The molecular weight excluding hydrogens is 233 g/mol. The van der Waals surface area contributed by atoms with Gasteiger partial charge in [-0.15, -0.1) is 0 Å². The molecule has 0 bridgehead atoms. The van der Waals surface area contributed by atoms with Gasteiger partial charge in [0.25, 0.3) is 0 Å². The van der Waals surface area contributed by atoms with Gasteiger partial charge in [-0.25, -0.2) is 12.8 Å². The van der Waals surface area contributed by atoms with Crippen LogP contribution in [0.1, 0.15) is 23.7 Å². The fourth-order valence-electron chi connectivity index (χ4n) is 1.41. The predicted molar refractivity (Wildman–Crippen MR) is 58.5 cm³/mol. The third-order valence-corrected chi connectivity index (χ3v) is 3.29. The lowest BCUT2D eigenvalue weighted by atomic mass is 10.1. The van der Waals surface area contributed by atoms with Crippen LogP contribution in [0.2, 0.25) is 0 Å². The van der Waals surface area contributed by atoms with E-state index in [1.807, 2.05) is 0 Å². The van der Waals surface area contributed by atoms with Crippen LogP contribution >= 0.6 is 0 Å². The largest absolute Gasteiger partial charge is 0.398 e. The molecule has 0 atom stereocenters. The van der Waals surface area contributed by atoms with Gasteiger partial charge >= 0.3 is 0 Å². The van der Waals surface area contributed by atoms with Crippen LogP contribution in [0.25, 0.3) is 0 Å². The molecule has 0 aromatic heterocycles. The first-order valence-electron chi connectivity index (χ1n) is 4.60. The Morgan fingerprint density at radius 1 is 1.44 bits per heavy atom. The summed E-state index contributed by atoms with van der Waals surface area (Å²) in [6.45, 7) is 1.52. The van der Waals surface area contributed by atoms with Gasteiger partial charge in [0.15, 0.2) is 15.6 Å². The topological polar surface area (TPSA) is 77.2 Å². The Labute approximate surface area is 93.2 Å². The SMILES string of the molecule is CCC(=O)c1c(F)ccc(N)c1S(C)(=O)=O. The van der Waals surface area contributed by atoms with Crippen molar-refractivity contribution in [2.24, 2.45) is 0 Å². The Morgan fingerprint density at radius 3 is 2.44 bits per heavy atom. The smallest absolute Gasteiger partial charge is 0.178 e. The molecule has 88 valence electrons. The van der Waals surface area contributed by atoms with E-state index < -0.39 is 31.9 Å². The lowest BCUT2D eigenvalue weighted by Gasteiger charge is -2.10. The van der Waals surface area contributed by atoms with E-state index in [4.69, 9.17) is 5.73 Å². The van der Waals surface area contributed by atoms with Crippen LogP contribution in [0.15, 0.2) is 17.0 Å². The van der Waals surface area contributed by atoms with E-state index in [-0.39, 0.29) is 12.1 Å². The molecule has 0 saturated heterocycles. The average molecular weight is 245 g/mol. The van der Waals surface area contributed by atoms with Gasteiger partial charge in [-0.3, -0.25) is 4.79 Å². The summed E-state index contributed by atoms with van der Waals surface area (Å²) in [6.07, 6.45) is 0.910. The summed E-state index contributed by atoms with van der Waals surface area (Å²) in [5.41, 5.74) is 4.92. The average Bonchev–Trinajstić information content (AvgIpc) is 2.18. The van der Waals surface area contributed by atoms with Crippen molar-refractivity contribution >= 4 is 21.3 Å². The molecule has 0 heterocycles. The van der Waals surface area contributed by atoms with Gasteiger partial charge in [-0.2, -0.15) is 0 Å². The number of rotatable bonds is 3. The van der Waals surface area contributed by atoms with Crippen molar-refractivity contribution in [1.29, 1.82) is 0 Å². The molecule has 1 aromatic carbocycles. The van der Waals surface area contributed by atoms with Gasteiger partial charge in [0.2, 0.25) is 0 Å². The monoisotopic (exact) mass is 245 g/mol. The van der Waals surface area contributed by atoms with Crippen LogP contribution in [0, 0.1) is 5.82 Å². The van der Waals surface area contributed by atoms with Crippen LogP contribution in [0.3, 0.4) is 0 Å². The number of hydrogen-bond donors (Lipinski definition) is 1. The number of Topliss-reactive ketones (excluding diaryl/α,β-unsaturated/α-hetero) is 1. The van der Waals surface area contributed by atoms with E-state index in [0.717, 1.165) is 18.4 Å². The highest BCUT2D eigenvalue weighted by Gasteiger charge is 2.24. The van der Waals surface area contributed by atoms with Crippen LogP contribution in [0.5, 0.6) is 0 Å². The molecule has 1 aromatic rings. The van der Waals surface area contributed by atoms with E-state index in [2.05, 4.69) is 0 Å². The molecule has 0 aliphatic carbocycles. The highest BCUT2D eigenvalue weighted by atomic mass is 32.2. The molecule has 4 nitrogen and oxygen atoms in total. The van der Waals surface area contributed by atoms with Gasteiger partial charge in [0.05, 0.1) is 11.3 Å². The molecule has 0 aliphatic heterocycles. The number of hydrogen-bond acceptors (Lipinski definition) is 4. The first-order valence-corrected chi connectivity index (χ1v) is 6.49. The minimum Gasteiger partial charge on any atom is -0.398 e. The number of nitrogens with two attached hydrogens (primary N) is 1. The molecule has 0 spiro atoms. The normalized spacial score (nSPS) is 11.4. The number of carbonyl (C=O) groups is 1. The number of ketones is 1. The van der Waals surface area contributed by atoms with Gasteiger partial charge in [-0.05, 0) is 12.1 Å². The Balaban J connectivity index is 3.70. The maximum absolute atomic E-state index is 13.5. The summed E-state index contributed by atoms with van der Waals surface area (Å²) in [6, 6.07) is 2.13. The summed E-state index contributed by atoms with van der Waals surface area (Å²) in [5.74, 6) is -1.44. The minimum absolute atomic E-state index is 0.0168. The van der Waals surface area contributed by atoms with Gasteiger partial charge < -0.3 is 5.73 Å². The molecule has 16 heavy (non-hydrogen) atoms. The number of anilines is 1. The number of halogens is 1. The maximum atomic E-state index is 13.5. The molecule has 0 saturated carbocycles. The van der Waals surface area contributed by atoms with E-state index in [0.29, 0.717) is 0 Å². The van der Waals surface area contributed by atoms with Crippen molar-refractivity contribution in [3.63, 3.8) is 0 Å². The van der Waals surface area contributed by atoms with E-state index in [9.17, 15) is 17.6 Å². The second-order valence-electron chi connectivity index (χ2n) is 3.39. The highest BCUT2D eigenvalue weighted by Crippen LogP contribution is 2.26. The van der Waals surface area contributed by atoms with Gasteiger partial charge in [0, 0.05) is 12.7 Å². The predicted octanol–water partition coefficient (Wildman–Crippen LogP) is 1.40. The molecule has 0 unspecified atom stereocenters. The van der Waals surface area contributed by atoms with Crippen molar-refractivity contribution in [1.82, 2.24) is 0 Å². The molecule has 6 heteroatoms. The fraction of sp³-hybridized carbons (Fsp3) is 0.300. The summed E-state index contributed by atoms with van der Waals surface area (Å²) in [5, 5.41) is 0. The Morgan fingerprint density at radius 2 is 2.00 bits per heavy atom. The van der Waals surface area contributed by atoms with Crippen molar-refractivity contribution in [2.75, 3.05) is 12.0 Å². The summed E-state index contributed by atoms with van der Waals surface area (Å²) >= 11 is 0. The molecule has 0 aliphatic rings.